The average Bonchev–Trinajstić information content (AvgIpc) is 2.80. The molecule has 17 heavy (non-hydrogen) atoms. The molecule has 4 N–H and O–H groups in total. The van der Waals surface area contributed by atoms with Gasteiger partial charge in [-0.05, 0) is 24.3 Å². The van der Waals surface area contributed by atoms with Crippen LogP contribution in [0.5, 0.6) is 0 Å². The number of benzene rings is 1. The Bertz CT molecular complexity index is 524. The van der Waals surface area contributed by atoms with Gasteiger partial charge in [-0.1, -0.05) is 11.6 Å². The van der Waals surface area contributed by atoms with Crippen LogP contribution in [-0.4, -0.2) is 16.1 Å². The van der Waals surface area contributed by atoms with Crippen LogP contribution < -0.4 is 11.1 Å². The number of halogens is 1. The number of rotatable bonds is 4. The molecule has 0 aliphatic heterocycles. The first-order valence-corrected chi connectivity index (χ1v) is 5.36. The van der Waals surface area contributed by atoms with E-state index in [9.17, 15) is 4.79 Å². The second-order valence-electron chi connectivity index (χ2n) is 3.49. The molecule has 5 nitrogen and oxygen atoms in total. The van der Waals surface area contributed by atoms with Crippen LogP contribution in [0.4, 0.5) is 5.69 Å². The number of anilines is 1. The lowest BCUT2D eigenvalue weighted by Crippen LogP contribution is -2.12. The van der Waals surface area contributed by atoms with Gasteiger partial charge < -0.3 is 11.1 Å². The number of aromatic amines is 1. The molecule has 2 aromatic rings. The summed E-state index contributed by atoms with van der Waals surface area (Å²) in [4.78, 5) is 11.1. The monoisotopic (exact) mass is 250 g/mol. The number of carbonyl (C=O) groups excluding carboxylic acids is 1. The van der Waals surface area contributed by atoms with Crippen LogP contribution in [0.25, 0.3) is 0 Å². The van der Waals surface area contributed by atoms with Gasteiger partial charge in [0.2, 0.25) is 5.91 Å². The lowest BCUT2D eigenvalue weighted by atomic mass is 10.2. The minimum absolute atomic E-state index is 0.307. The van der Waals surface area contributed by atoms with E-state index in [1.807, 2.05) is 6.07 Å². The number of hydrogen-bond acceptors (Lipinski definition) is 3. The molecule has 1 aromatic carbocycles. The molecular formula is C11H11ClN4O. The van der Waals surface area contributed by atoms with Crippen molar-refractivity contribution in [1.82, 2.24) is 10.2 Å². The van der Waals surface area contributed by atoms with Crippen molar-refractivity contribution < 1.29 is 4.79 Å². The van der Waals surface area contributed by atoms with Gasteiger partial charge >= 0.3 is 0 Å². The van der Waals surface area contributed by atoms with E-state index in [0.29, 0.717) is 17.1 Å². The van der Waals surface area contributed by atoms with Crippen LogP contribution in [0.15, 0.2) is 30.5 Å². The van der Waals surface area contributed by atoms with Gasteiger partial charge in [-0.15, -0.1) is 0 Å². The van der Waals surface area contributed by atoms with Crippen LogP contribution >= 0.6 is 11.6 Å². The Morgan fingerprint density at radius 2 is 2.29 bits per heavy atom. The van der Waals surface area contributed by atoms with Crippen LogP contribution in [0.2, 0.25) is 5.02 Å². The average molecular weight is 251 g/mol. The highest BCUT2D eigenvalue weighted by atomic mass is 35.5. The third kappa shape index (κ3) is 2.76. The van der Waals surface area contributed by atoms with Crippen LogP contribution in [0.1, 0.15) is 16.1 Å². The lowest BCUT2D eigenvalue weighted by Gasteiger charge is -2.07. The Kier molecular flexibility index (Phi) is 3.30. The number of aromatic nitrogens is 2. The molecular weight excluding hydrogens is 240 g/mol. The minimum atomic E-state index is -0.541. The molecule has 0 atom stereocenters. The van der Waals surface area contributed by atoms with E-state index in [2.05, 4.69) is 15.5 Å². The molecule has 0 saturated carbocycles. The molecule has 6 heteroatoms. The van der Waals surface area contributed by atoms with Crippen molar-refractivity contribution in [1.29, 1.82) is 0 Å². The molecule has 1 aromatic heterocycles. The van der Waals surface area contributed by atoms with Crippen molar-refractivity contribution >= 4 is 23.2 Å². The number of hydrogen-bond donors (Lipinski definition) is 3. The van der Waals surface area contributed by atoms with Crippen LogP contribution in [0.3, 0.4) is 0 Å². The van der Waals surface area contributed by atoms with E-state index in [1.54, 1.807) is 24.4 Å². The van der Waals surface area contributed by atoms with Gasteiger partial charge in [0.15, 0.2) is 0 Å². The summed E-state index contributed by atoms with van der Waals surface area (Å²) in [5.41, 5.74) is 7.23. The molecule has 0 spiro atoms. The second kappa shape index (κ2) is 4.88. The van der Waals surface area contributed by atoms with Crippen molar-refractivity contribution in [2.75, 3.05) is 5.32 Å². The molecule has 0 aliphatic rings. The fourth-order valence-corrected chi connectivity index (χ4v) is 1.62. The van der Waals surface area contributed by atoms with Gasteiger partial charge in [0, 0.05) is 11.9 Å². The third-order valence-corrected chi connectivity index (χ3v) is 2.60. The summed E-state index contributed by atoms with van der Waals surface area (Å²) < 4.78 is 0. The highest BCUT2D eigenvalue weighted by Gasteiger charge is 2.07. The molecule has 0 saturated heterocycles. The van der Waals surface area contributed by atoms with Gasteiger partial charge in [0.1, 0.15) is 0 Å². The summed E-state index contributed by atoms with van der Waals surface area (Å²) in [5.74, 6) is -0.541. The van der Waals surface area contributed by atoms with Crippen molar-refractivity contribution in [2.24, 2.45) is 5.73 Å². The lowest BCUT2D eigenvalue weighted by molar-refractivity contribution is 0.100. The molecule has 0 unspecified atom stereocenters. The second-order valence-corrected chi connectivity index (χ2v) is 3.90. The zero-order valence-corrected chi connectivity index (χ0v) is 9.66. The zero-order valence-electron chi connectivity index (χ0n) is 8.90. The molecule has 2 rings (SSSR count). The zero-order chi connectivity index (χ0) is 12.3. The van der Waals surface area contributed by atoms with Gasteiger partial charge in [0.05, 0.1) is 22.8 Å². The van der Waals surface area contributed by atoms with E-state index in [1.165, 1.54) is 0 Å². The SMILES string of the molecule is NC(=O)c1cc(NCc2ccn[nH]2)ccc1Cl. The number of amides is 1. The summed E-state index contributed by atoms with van der Waals surface area (Å²) in [6.45, 7) is 0.583. The predicted octanol–water partition coefficient (Wildman–Crippen LogP) is 1.77. The molecule has 0 bridgehead atoms. The Balaban J connectivity index is 2.11. The molecule has 0 radical (unpaired) electrons. The first-order chi connectivity index (χ1) is 8.16. The number of nitrogens with zero attached hydrogens (tertiary/aromatic N) is 1. The van der Waals surface area contributed by atoms with E-state index in [-0.39, 0.29) is 0 Å². The molecule has 0 aliphatic carbocycles. The van der Waals surface area contributed by atoms with Crippen molar-refractivity contribution in [2.45, 2.75) is 6.54 Å². The van der Waals surface area contributed by atoms with Gasteiger partial charge in [-0.25, -0.2) is 0 Å². The van der Waals surface area contributed by atoms with E-state index >= 15 is 0 Å². The number of H-pyrrole nitrogens is 1. The molecule has 88 valence electrons. The number of primary amides is 1. The Morgan fingerprint density at radius 1 is 1.47 bits per heavy atom. The standard InChI is InChI=1S/C11H11ClN4O/c12-10-2-1-7(5-9(10)11(13)17)14-6-8-3-4-15-16-8/h1-5,14H,6H2,(H2,13,17)(H,15,16). The molecule has 1 heterocycles. The summed E-state index contributed by atoms with van der Waals surface area (Å²) in [6, 6.07) is 6.90. The highest BCUT2D eigenvalue weighted by Crippen LogP contribution is 2.20. The Hall–Kier alpha value is -2.01. The van der Waals surface area contributed by atoms with Crippen molar-refractivity contribution in [3.05, 3.63) is 46.7 Å². The minimum Gasteiger partial charge on any atom is -0.379 e. The topological polar surface area (TPSA) is 83.8 Å². The first kappa shape index (κ1) is 11.5. The third-order valence-electron chi connectivity index (χ3n) is 2.27. The molecule has 1 amide bonds. The summed E-state index contributed by atoms with van der Waals surface area (Å²) >= 11 is 5.85. The normalized spacial score (nSPS) is 10.2. The first-order valence-electron chi connectivity index (χ1n) is 4.98. The quantitative estimate of drug-likeness (QED) is 0.773. The van der Waals surface area contributed by atoms with E-state index in [0.717, 1.165) is 11.4 Å². The fraction of sp³-hybridized carbons (Fsp3) is 0.0909. The number of nitrogens with one attached hydrogen (secondary N) is 2. The van der Waals surface area contributed by atoms with Crippen LogP contribution in [-0.2, 0) is 6.54 Å². The Labute approximate surface area is 103 Å². The maximum absolute atomic E-state index is 11.1. The van der Waals surface area contributed by atoms with Crippen LogP contribution in [0, 0.1) is 0 Å². The van der Waals surface area contributed by atoms with Gasteiger partial charge in [-0.3, -0.25) is 9.89 Å². The van der Waals surface area contributed by atoms with Crippen molar-refractivity contribution in [3.63, 3.8) is 0 Å². The maximum Gasteiger partial charge on any atom is 0.250 e. The summed E-state index contributed by atoms with van der Waals surface area (Å²) in [5, 5.41) is 10.1. The van der Waals surface area contributed by atoms with Crippen molar-refractivity contribution in [3.8, 4) is 0 Å². The summed E-state index contributed by atoms with van der Waals surface area (Å²) in [7, 11) is 0. The van der Waals surface area contributed by atoms with Gasteiger partial charge in [0.25, 0.3) is 0 Å². The van der Waals surface area contributed by atoms with E-state index in [4.69, 9.17) is 17.3 Å². The fourth-order valence-electron chi connectivity index (χ4n) is 1.40. The number of carbonyl (C=O) groups is 1. The number of nitrogens with two attached hydrogens (primary N) is 1. The highest BCUT2D eigenvalue weighted by molar-refractivity contribution is 6.33. The summed E-state index contributed by atoms with van der Waals surface area (Å²) in [6.07, 6.45) is 1.67. The predicted molar refractivity (Wildman–Crippen MR) is 65.9 cm³/mol. The smallest absolute Gasteiger partial charge is 0.250 e. The van der Waals surface area contributed by atoms with Gasteiger partial charge in [-0.2, -0.15) is 5.10 Å². The van der Waals surface area contributed by atoms with E-state index < -0.39 is 5.91 Å². The maximum atomic E-state index is 11.1. The Morgan fingerprint density at radius 3 is 2.94 bits per heavy atom. The molecule has 0 fully saturated rings. The largest absolute Gasteiger partial charge is 0.379 e.